The molecule has 5 aliphatic heterocycles. The van der Waals surface area contributed by atoms with Gasteiger partial charge in [-0.1, -0.05) is 32.6 Å². The van der Waals surface area contributed by atoms with Gasteiger partial charge in [0.15, 0.2) is 31.5 Å². The maximum absolute atomic E-state index is 14.1. The van der Waals surface area contributed by atoms with Crippen molar-refractivity contribution < 1.29 is 172 Å². The first-order valence-corrected chi connectivity index (χ1v) is 41.3. The molecule has 0 aromatic heterocycles. The lowest BCUT2D eigenvalue weighted by atomic mass is 9.95. The van der Waals surface area contributed by atoms with Crippen LogP contribution in [0.15, 0.2) is 0 Å². The number of unbranched alkanes of at least 4 members (excludes halogenated alkanes) is 8. The summed E-state index contributed by atoms with van der Waals surface area (Å²) in [4.78, 5) is 120. The zero-order chi connectivity index (χ0) is 86.3. The molecule has 5 saturated heterocycles. The second-order valence-electron chi connectivity index (χ2n) is 30.9. The van der Waals surface area contributed by atoms with Gasteiger partial charge in [0.25, 0.3) is 0 Å². The van der Waals surface area contributed by atoms with E-state index in [1.54, 1.807) is 6.92 Å². The molecule has 0 saturated carbocycles. The Morgan fingerprint density at radius 3 is 1.13 bits per heavy atom. The smallest absolute Gasteiger partial charge is 0.234 e. The van der Waals surface area contributed by atoms with Gasteiger partial charge < -0.3 is 150 Å². The Morgan fingerprint density at radius 2 is 0.701 bits per heavy atom. The number of ketones is 5. The van der Waals surface area contributed by atoms with E-state index in [-0.39, 0.29) is 133 Å². The molecule has 0 bridgehead atoms. The van der Waals surface area contributed by atoms with Gasteiger partial charge in [0.05, 0.1) is 71.5 Å². The molecule has 26 atom stereocenters. The molecular formula is C77H133N5O35. The molecular weight excluding hydrogens is 1550 g/mol. The summed E-state index contributed by atoms with van der Waals surface area (Å²) < 4.78 is 55.7. The second kappa shape index (κ2) is 55.3. The Balaban J connectivity index is 1.11. The molecule has 0 aliphatic carbocycles. The van der Waals surface area contributed by atoms with E-state index in [0.29, 0.717) is 103 Å². The Labute approximate surface area is 681 Å². The predicted molar refractivity (Wildman–Crippen MR) is 404 cm³/mol. The first-order chi connectivity index (χ1) is 55.8. The van der Waals surface area contributed by atoms with Crippen molar-refractivity contribution in [3.05, 3.63) is 0 Å². The number of hydrogen-bond acceptors (Lipinski definition) is 36. The van der Waals surface area contributed by atoms with Crippen LogP contribution in [0.1, 0.15) is 188 Å². The zero-order valence-electron chi connectivity index (χ0n) is 67.4. The van der Waals surface area contributed by atoms with Crippen LogP contribution < -0.4 is 21.3 Å². The van der Waals surface area contributed by atoms with Gasteiger partial charge in [0.2, 0.25) is 23.6 Å². The predicted octanol–water partition coefficient (Wildman–Crippen LogP) is -5.47. The summed E-state index contributed by atoms with van der Waals surface area (Å²) in [6, 6.07) is 0. The van der Waals surface area contributed by atoms with Gasteiger partial charge in [-0.2, -0.15) is 0 Å². The van der Waals surface area contributed by atoms with Gasteiger partial charge in [0.1, 0.15) is 139 Å². The minimum absolute atomic E-state index is 0.0124. The van der Waals surface area contributed by atoms with Crippen LogP contribution in [-0.2, 0) is 90.5 Å². The van der Waals surface area contributed by atoms with Crippen molar-refractivity contribution in [2.24, 2.45) is 5.92 Å². The standard InChI is InChI=1S/C77H133N5O35/c1-4-46(85)20-9-5-14-30-79-55(91)38-82(39-56(92)80-31-15-7-11-22-48(87)26-19-35-110-76-70(106)71(117-77-69(105)65(101)60(96)52(41-84)115-77)61(97)53(116-76)42-111-75-68(104)64(100)59(95)51(40-83)114-75)37-50(89)36-45(72(107)81-32-16-8-12-23-49(88)25-18-34-109-74-67(103)63(99)58(94)44(3)113-74)27-28-54(90)78-29-13-6-10-21-47(86)24-17-33-108-73-66(102)62(98)57(93)43(2)112-73/h43-45,51-53,57-71,73-77,83-84,93-106H,4-42H2,1-3H3,(H,78,90)(H,79,91)(H,80,92)(H,81,107)/t43-,44-,45+,51+,52+,53+,57+,58+,59+,60+,61+,62+,63+,64-,65-,66-,67-,68-,69-,70-,71-,73+,74+,75-,76-,77+/m0/s1. The summed E-state index contributed by atoms with van der Waals surface area (Å²) in [6.07, 6.45) is -30.1. The van der Waals surface area contributed by atoms with Crippen LogP contribution in [-0.4, -0.2) is 378 Å². The highest BCUT2D eigenvalue weighted by molar-refractivity contribution is 5.89. The first kappa shape index (κ1) is 103. The van der Waals surface area contributed by atoms with E-state index in [4.69, 9.17) is 47.4 Å². The van der Waals surface area contributed by atoms with Gasteiger partial charge in [-0.3, -0.25) is 48.1 Å². The van der Waals surface area contributed by atoms with E-state index in [2.05, 4.69) is 21.3 Å². The van der Waals surface area contributed by atoms with Crippen LogP contribution in [0.5, 0.6) is 0 Å². The number of rotatable bonds is 59. The van der Waals surface area contributed by atoms with Gasteiger partial charge in [-0.15, -0.1) is 0 Å². The minimum atomic E-state index is -1.96. The monoisotopic (exact) mass is 1690 g/mol. The Bertz CT molecular complexity index is 2930. The van der Waals surface area contributed by atoms with E-state index in [1.165, 1.54) is 18.7 Å². The normalized spacial score (nSPS) is 31.6. The molecule has 0 radical (unpaired) electrons. The highest BCUT2D eigenvalue weighted by Gasteiger charge is 2.53. The number of nitrogens with one attached hydrogen (secondary N) is 4. The third kappa shape index (κ3) is 35.9. The Morgan fingerprint density at radius 1 is 0.342 bits per heavy atom. The molecule has 20 N–H and O–H groups in total. The highest BCUT2D eigenvalue weighted by Crippen LogP contribution is 2.32. The first-order valence-electron chi connectivity index (χ1n) is 41.3. The van der Waals surface area contributed by atoms with E-state index in [0.717, 1.165) is 0 Å². The van der Waals surface area contributed by atoms with E-state index >= 15 is 0 Å². The number of nitrogens with zero attached hydrogens (tertiary/aromatic N) is 1. The number of Topliss-reactive ketones (excluding diaryl/α,β-unsaturated/α-hetero) is 5. The molecule has 0 aromatic rings. The van der Waals surface area contributed by atoms with Crippen molar-refractivity contribution in [2.45, 2.75) is 341 Å². The molecule has 40 nitrogen and oxygen atoms in total. The molecule has 5 heterocycles. The van der Waals surface area contributed by atoms with Crippen molar-refractivity contribution in [3.63, 3.8) is 0 Å². The van der Waals surface area contributed by atoms with Crippen molar-refractivity contribution in [2.75, 3.05) is 85.5 Å². The molecule has 5 fully saturated rings. The van der Waals surface area contributed by atoms with Gasteiger partial charge in [-0.25, -0.2) is 0 Å². The largest absolute Gasteiger partial charge is 0.394 e. The third-order valence-corrected chi connectivity index (χ3v) is 21.2. The average Bonchev–Trinajstić information content (AvgIpc) is 0.785. The lowest BCUT2D eigenvalue weighted by molar-refractivity contribution is -0.366. The lowest BCUT2D eigenvalue weighted by Gasteiger charge is -2.46. The molecule has 0 unspecified atom stereocenters. The summed E-state index contributed by atoms with van der Waals surface area (Å²) in [5.74, 6) is -3.63. The van der Waals surface area contributed by atoms with Gasteiger partial charge >= 0.3 is 0 Å². The summed E-state index contributed by atoms with van der Waals surface area (Å²) >= 11 is 0. The number of carbonyl (C=O) groups is 9. The number of aliphatic hydroxyl groups excluding tert-OH is 16. The number of ether oxygens (including phenoxy) is 10. The molecule has 5 rings (SSSR count). The topological polar surface area (TPSA) is 621 Å². The third-order valence-electron chi connectivity index (χ3n) is 21.2. The Hall–Kier alpha value is -4.85. The van der Waals surface area contributed by atoms with E-state index in [9.17, 15) is 125 Å². The van der Waals surface area contributed by atoms with Crippen LogP contribution >= 0.6 is 0 Å². The molecule has 5 aliphatic rings. The average molecular weight is 1690 g/mol. The fraction of sp³-hybridized carbons (Fsp3) is 0.883. The van der Waals surface area contributed by atoms with Crippen LogP contribution in [0, 0.1) is 5.92 Å². The zero-order valence-corrected chi connectivity index (χ0v) is 67.4. The SMILES string of the molecule is CCC(=O)CCCCCNC(=O)CN(CC(=O)C[C@@H](CCC(=O)NCCCCCC(=O)CCCO[C@@H]1O[C@@H](C)[C@@H](O)[C@@H](O)[C@@H]1O)C(=O)NCCCCCC(=O)CCCO[C@@H]1O[C@@H](C)[C@@H](O)[C@@H](O)[C@@H]1O)CC(=O)NCCCCCC(=O)CCCO[C@H]1O[C@H](CO[C@H]2O[C@H](CO)[C@@H](O)[C@H](O)[C@@H]2O)[C@@H](O)[C@H](O[C@H]2O[C@H](CO)[C@@H](O)[C@H](O)[C@@H]2O)[C@@H]1O. The maximum Gasteiger partial charge on any atom is 0.234 e. The Kier molecular flexibility index (Phi) is 48.5. The molecule has 676 valence electrons. The van der Waals surface area contributed by atoms with Crippen LogP contribution in [0.2, 0.25) is 0 Å². The molecule has 0 aromatic carbocycles. The number of carbonyl (C=O) groups excluding carboxylic acids is 9. The highest BCUT2D eigenvalue weighted by atomic mass is 16.8. The molecule has 0 spiro atoms. The summed E-state index contributed by atoms with van der Waals surface area (Å²) in [5.41, 5.74) is 0. The van der Waals surface area contributed by atoms with Crippen LogP contribution in [0.4, 0.5) is 0 Å². The summed E-state index contributed by atoms with van der Waals surface area (Å²) in [5, 5.41) is 176. The second-order valence-corrected chi connectivity index (χ2v) is 30.9. The number of hydrogen-bond donors (Lipinski definition) is 20. The van der Waals surface area contributed by atoms with Crippen LogP contribution in [0.3, 0.4) is 0 Å². The van der Waals surface area contributed by atoms with Crippen molar-refractivity contribution >= 4 is 52.5 Å². The van der Waals surface area contributed by atoms with Gasteiger partial charge in [-0.05, 0) is 90.9 Å². The van der Waals surface area contributed by atoms with Crippen molar-refractivity contribution in [3.8, 4) is 0 Å². The van der Waals surface area contributed by atoms with Crippen molar-refractivity contribution in [1.29, 1.82) is 0 Å². The molecule has 4 amide bonds. The fourth-order valence-electron chi connectivity index (χ4n) is 13.9. The number of aliphatic hydroxyl groups is 16. The van der Waals surface area contributed by atoms with Crippen molar-refractivity contribution in [1.82, 2.24) is 26.2 Å². The number of amides is 4. The molecule has 117 heavy (non-hydrogen) atoms. The lowest BCUT2D eigenvalue weighted by Crippen LogP contribution is -2.65. The van der Waals surface area contributed by atoms with Crippen LogP contribution in [0.25, 0.3) is 0 Å². The van der Waals surface area contributed by atoms with E-state index < -0.39 is 228 Å². The van der Waals surface area contributed by atoms with Gasteiger partial charge in [0, 0.05) is 96.3 Å². The minimum Gasteiger partial charge on any atom is -0.394 e. The van der Waals surface area contributed by atoms with E-state index in [1.807, 2.05) is 0 Å². The maximum atomic E-state index is 14.1. The quantitative estimate of drug-likeness (QED) is 0.0253. The molecule has 40 heteroatoms. The fourth-order valence-corrected chi connectivity index (χ4v) is 13.9. The summed E-state index contributed by atoms with van der Waals surface area (Å²) in [7, 11) is 0. The summed E-state index contributed by atoms with van der Waals surface area (Å²) in [6.45, 7) is 2.01.